The molecule has 1 rings (SSSR count). The van der Waals surface area contributed by atoms with Gasteiger partial charge in [0, 0.05) is 17.9 Å². The molecule has 0 radical (unpaired) electrons. The molecule has 0 fully saturated rings. The second-order valence-corrected chi connectivity index (χ2v) is 4.34. The molecule has 0 unspecified atom stereocenters. The van der Waals surface area contributed by atoms with Crippen molar-refractivity contribution in [2.75, 3.05) is 0 Å². The highest BCUT2D eigenvalue weighted by Gasteiger charge is 2.13. The molecule has 17 heavy (non-hydrogen) atoms. The van der Waals surface area contributed by atoms with Crippen LogP contribution in [0.15, 0.2) is 12.1 Å². The summed E-state index contributed by atoms with van der Waals surface area (Å²) in [6.45, 7) is 3.84. The average molecular weight is 254 g/mol. The van der Waals surface area contributed by atoms with Crippen LogP contribution in [0.4, 0.5) is 0 Å². The number of nitrogens with zero attached hydrogens (tertiary/aromatic N) is 1. The van der Waals surface area contributed by atoms with Gasteiger partial charge in [0.25, 0.3) is 0 Å². The minimum absolute atomic E-state index is 0.0689. The van der Waals surface area contributed by atoms with Crippen LogP contribution in [0, 0.1) is 0 Å². The van der Waals surface area contributed by atoms with E-state index in [1.807, 2.05) is 13.8 Å². The highest BCUT2D eigenvalue weighted by Crippen LogP contribution is 2.15. The third-order valence-corrected chi connectivity index (χ3v) is 2.53. The molecule has 0 aliphatic carbocycles. The summed E-state index contributed by atoms with van der Waals surface area (Å²) in [5.41, 5.74) is 0.581. The van der Waals surface area contributed by atoms with Crippen molar-refractivity contribution >= 4 is 23.2 Å². The smallest absolute Gasteiger partial charge is 0.181 e. The van der Waals surface area contributed by atoms with E-state index < -0.39 is 0 Å². The van der Waals surface area contributed by atoms with Crippen LogP contribution in [-0.4, -0.2) is 16.6 Å². The number of aromatic nitrogens is 1. The SMILES string of the molecule is CCCC(=O)c1cc(Cl)cc(C(=O)CCC)n1. The molecule has 0 saturated heterocycles. The Morgan fingerprint density at radius 1 is 1.06 bits per heavy atom. The normalized spacial score (nSPS) is 10.3. The lowest BCUT2D eigenvalue weighted by Gasteiger charge is -2.03. The summed E-state index contributed by atoms with van der Waals surface area (Å²) in [5, 5.41) is 0.388. The second kappa shape index (κ2) is 6.50. The van der Waals surface area contributed by atoms with Gasteiger partial charge in [0.05, 0.1) is 0 Å². The molecule has 0 N–H and O–H groups in total. The Labute approximate surface area is 106 Å². The largest absolute Gasteiger partial charge is 0.292 e. The maximum Gasteiger partial charge on any atom is 0.181 e. The van der Waals surface area contributed by atoms with Crippen LogP contribution in [0.25, 0.3) is 0 Å². The molecule has 1 aromatic rings. The molecule has 92 valence electrons. The maximum atomic E-state index is 11.7. The van der Waals surface area contributed by atoms with Gasteiger partial charge in [-0.15, -0.1) is 0 Å². The molecule has 0 spiro atoms. The van der Waals surface area contributed by atoms with Crippen LogP contribution in [0.5, 0.6) is 0 Å². The molecule has 0 aliphatic rings. The van der Waals surface area contributed by atoms with Crippen molar-refractivity contribution in [2.45, 2.75) is 39.5 Å². The number of pyridine rings is 1. The Morgan fingerprint density at radius 3 is 1.82 bits per heavy atom. The van der Waals surface area contributed by atoms with E-state index in [0.29, 0.717) is 29.3 Å². The van der Waals surface area contributed by atoms with Crippen LogP contribution in [0.3, 0.4) is 0 Å². The first-order valence-electron chi connectivity index (χ1n) is 5.82. The lowest BCUT2D eigenvalue weighted by atomic mass is 10.1. The molecule has 0 aromatic carbocycles. The minimum atomic E-state index is -0.0689. The standard InChI is InChI=1S/C13H16ClNO2/c1-3-5-12(16)10-7-9(14)8-11(15-10)13(17)6-4-2/h7-8H,3-6H2,1-2H3. The molecule has 3 nitrogen and oxygen atoms in total. The van der Waals surface area contributed by atoms with E-state index in [4.69, 9.17) is 11.6 Å². The van der Waals surface area contributed by atoms with E-state index in [1.165, 1.54) is 12.1 Å². The van der Waals surface area contributed by atoms with Gasteiger partial charge in [0.2, 0.25) is 0 Å². The van der Waals surface area contributed by atoms with Crippen molar-refractivity contribution in [3.05, 3.63) is 28.5 Å². The Morgan fingerprint density at radius 2 is 1.47 bits per heavy atom. The first-order chi connectivity index (χ1) is 8.08. The third-order valence-electron chi connectivity index (χ3n) is 2.32. The average Bonchev–Trinajstić information content (AvgIpc) is 2.29. The monoisotopic (exact) mass is 253 g/mol. The molecule has 0 aliphatic heterocycles. The van der Waals surface area contributed by atoms with Gasteiger partial charge < -0.3 is 0 Å². The van der Waals surface area contributed by atoms with E-state index in [-0.39, 0.29) is 11.6 Å². The van der Waals surface area contributed by atoms with E-state index in [0.717, 1.165) is 12.8 Å². The van der Waals surface area contributed by atoms with Crippen molar-refractivity contribution in [1.82, 2.24) is 4.98 Å². The zero-order valence-electron chi connectivity index (χ0n) is 10.1. The summed E-state index contributed by atoms with van der Waals surface area (Å²) in [6.07, 6.45) is 2.36. The Balaban J connectivity index is 3.01. The number of Topliss-reactive ketones (excluding diaryl/α,β-unsaturated/α-hetero) is 2. The summed E-state index contributed by atoms with van der Waals surface area (Å²) >= 11 is 5.89. The maximum absolute atomic E-state index is 11.7. The summed E-state index contributed by atoms with van der Waals surface area (Å²) in [5.74, 6) is -0.138. The van der Waals surface area contributed by atoms with E-state index in [1.54, 1.807) is 0 Å². The predicted octanol–water partition coefficient (Wildman–Crippen LogP) is 3.70. The van der Waals surface area contributed by atoms with E-state index in [9.17, 15) is 9.59 Å². The third kappa shape index (κ3) is 3.93. The van der Waals surface area contributed by atoms with Crippen molar-refractivity contribution in [3.63, 3.8) is 0 Å². The number of hydrogen-bond acceptors (Lipinski definition) is 3. The van der Waals surface area contributed by atoms with Gasteiger partial charge in [-0.1, -0.05) is 25.4 Å². The molecule has 0 saturated carbocycles. The van der Waals surface area contributed by atoms with Crippen LogP contribution in [0.1, 0.15) is 60.5 Å². The predicted molar refractivity (Wildman–Crippen MR) is 67.7 cm³/mol. The topological polar surface area (TPSA) is 47.0 Å². The molecule has 0 amide bonds. The highest BCUT2D eigenvalue weighted by atomic mass is 35.5. The lowest BCUT2D eigenvalue weighted by molar-refractivity contribution is 0.0973. The number of hydrogen-bond donors (Lipinski definition) is 0. The zero-order valence-corrected chi connectivity index (χ0v) is 10.9. The summed E-state index contributed by atoms with van der Waals surface area (Å²) < 4.78 is 0. The fourth-order valence-electron chi connectivity index (χ4n) is 1.49. The molecule has 1 aromatic heterocycles. The fourth-order valence-corrected chi connectivity index (χ4v) is 1.70. The Kier molecular flexibility index (Phi) is 5.29. The molecule has 0 bridgehead atoms. The van der Waals surface area contributed by atoms with Crippen molar-refractivity contribution < 1.29 is 9.59 Å². The lowest BCUT2D eigenvalue weighted by Crippen LogP contribution is -2.08. The first-order valence-corrected chi connectivity index (χ1v) is 6.20. The minimum Gasteiger partial charge on any atom is -0.292 e. The van der Waals surface area contributed by atoms with Crippen molar-refractivity contribution in [1.29, 1.82) is 0 Å². The number of halogens is 1. The number of carbonyl (C=O) groups is 2. The molecule has 0 atom stereocenters. The first kappa shape index (κ1) is 13.8. The van der Waals surface area contributed by atoms with Gasteiger partial charge in [-0.05, 0) is 25.0 Å². The number of rotatable bonds is 6. The second-order valence-electron chi connectivity index (χ2n) is 3.90. The highest BCUT2D eigenvalue weighted by molar-refractivity contribution is 6.31. The molecular formula is C13H16ClNO2. The van der Waals surface area contributed by atoms with Crippen LogP contribution in [-0.2, 0) is 0 Å². The molecule has 4 heteroatoms. The van der Waals surface area contributed by atoms with Crippen LogP contribution >= 0.6 is 11.6 Å². The summed E-state index contributed by atoms with van der Waals surface area (Å²) in [7, 11) is 0. The van der Waals surface area contributed by atoms with Crippen molar-refractivity contribution in [2.24, 2.45) is 0 Å². The fraction of sp³-hybridized carbons (Fsp3) is 0.462. The van der Waals surface area contributed by atoms with Gasteiger partial charge in [-0.3, -0.25) is 9.59 Å². The van der Waals surface area contributed by atoms with E-state index >= 15 is 0 Å². The Bertz CT molecular complexity index is 393. The summed E-state index contributed by atoms with van der Waals surface area (Å²) in [4.78, 5) is 27.5. The number of carbonyl (C=O) groups excluding carboxylic acids is 2. The van der Waals surface area contributed by atoms with Gasteiger partial charge in [-0.25, -0.2) is 4.98 Å². The Hall–Kier alpha value is -1.22. The van der Waals surface area contributed by atoms with E-state index in [2.05, 4.69) is 4.98 Å². The van der Waals surface area contributed by atoms with Crippen LogP contribution < -0.4 is 0 Å². The number of ketones is 2. The van der Waals surface area contributed by atoms with Crippen molar-refractivity contribution in [3.8, 4) is 0 Å². The van der Waals surface area contributed by atoms with Gasteiger partial charge in [0.1, 0.15) is 11.4 Å². The zero-order chi connectivity index (χ0) is 12.8. The van der Waals surface area contributed by atoms with Crippen LogP contribution in [0.2, 0.25) is 5.02 Å². The van der Waals surface area contributed by atoms with Gasteiger partial charge in [0.15, 0.2) is 11.6 Å². The molecular weight excluding hydrogens is 238 g/mol. The molecule has 1 heterocycles. The van der Waals surface area contributed by atoms with Gasteiger partial charge in [-0.2, -0.15) is 0 Å². The summed E-state index contributed by atoms with van der Waals surface area (Å²) in [6, 6.07) is 3.03. The van der Waals surface area contributed by atoms with Gasteiger partial charge >= 0.3 is 0 Å². The quantitative estimate of drug-likeness (QED) is 0.726.